The van der Waals surface area contributed by atoms with Crippen LogP contribution >= 0.6 is 0 Å². The maximum atomic E-state index is 13.7. The van der Waals surface area contributed by atoms with E-state index in [1.54, 1.807) is 13.1 Å². The summed E-state index contributed by atoms with van der Waals surface area (Å²) in [5, 5.41) is 3.00. The fourth-order valence-electron chi connectivity index (χ4n) is 1.37. The molecule has 1 aromatic rings. The lowest BCUT2D eigenvalue weighted by atomic mass is 10.1. The van der Waals surface area contributed by atoms with Gasteiger partial charge in [-0.1, -0.05) is 6.07 Å². The third kappa shape index (κ3) is 4.62. The molecule has 0 fully saturated rings. The second-order valence-electron chi connectivity index (χ2n) is 4.18. The molecular weight excluding hydrogens is 257 g/mol. The van der Waals surface area contributed by atoms with Crippen molar-refractivity contribution in [3.8, 4) is 5.75 Å². The van der Waals surface area contributed by atoms with Crippen LogP contribution in [0.4, 0.5) is 4.39 Å². The Balaban J connectivity index is 2.68. The molecule has 4 nitrogen and oxygen atoms in total. The number of hydrogen-bond acceptors (Lipinski definition) is 4. The summed E-state index contributed by atoms with van der Waals surface area (Å²) >= 11 is 0. The molecule has 0 saturated heterocycles. The SMILES string of the molecule is CNC(C)c1ccc(OCCS(C)(=O)=O)c(F)c1. The highest BCUT2D eigenvalue weighted by molar-refractivity contribution is 7.90. The fraction of sp³-hybridized carbons (Fsp3) is 0.500. The van der Waals surface area contributed by atoms with Gasteiger partial charge in [0.2, 0.25) is 0 Å². The Bertz CT molecular complexity index is 502. The topological polar surface area (TPSA) is 55.4 Å². The van der Waals surface area contributed by atoms with Gasteiger partial charge in [0, 0.05) is 12.3 Å². The van der Waals surface area contributed by atoms with Gasteiger partial charge in [-0.05, 0) is 31.7 Å². The molecule has 18 heavy (non-hydrogen) atoms. The fourth-order valence-corrected chi connectivity index (χ4v) is 1.76. The first-order valence-corrected chi connectivity index (χ1v) is 7.67. The van der Waals surface area contributed by atoms with E-state index in [0.29, 0.717) is 0 Å². The Hall–Kier alpha value is -1.14. The quantitative estimate of drug-likeness (QED) is 0.855. The molecule has 1 unspecified atom stereocenters. The van der Waals surface area contributed by atoms with Crippen LogP contribution in [0.2, 0.25) is 0 Å². The number of benzene rings is 1. The number of nitrogens with one attached hydrogen (secondary N) is 1. The molecule has 6 heteroatoms. The minimum absolute atomic E-state index is 0.0450. The van der Waals surface area contributed by atoms with E-state index in [2.05, 4.69) is 5.32 Å². The number of sulfone groups is 1. The van der Waals surface area contributed by atoms with Crippen LogP contribution in [-0.4, -0.2) is 34.1 Å². The zero-order valence-electron chi connectivity index (χ0n) is 10.7. The summed E-state index contributed by atoms with van der Waals surface area (Å²) in [7, 11) is -1.30. The third-order valence-corrected chi connectivity index (χ3v) is 3.51. The number of rotatable bonds is 6. The van der Waals surface area contributed by atoms with Gasteiger partial charge in [-0.15, -0.1) is 0 Å². The van der Waals surface area contributed by atoms with E-state index >= 15 is 0 Å². The predicted molar refractivity (Wildman–Crippen MR) is 69.1 cm³/mol. The highest BCUT2D eigenvalue weighted by Crippen LogP contribution is 2.21. The normalized spacial score (nSPS) is 13.3. The molecule has 1 N–H and O–H groups in total. The summed E-state index contributed by atoms with van der Waals surface area (Å²) in [6.07, 6.45) is 1.12. The summed E-state index contributed by atoms with van der Waals surface area (Å²) in [5.74, 6) is -0.532. The van der Waals surface area contributed by atoms with Crippen molar-refractivity contribution < 1.29 is 17.5 Å². The molecule has 0 aliphatic carbocycles. The average molecular weight is 275 g/mol. The van der Waals surface area contributed by atoms with Crippen LogP contribution in [-0.2, 0) is 9.84 Å². The summed E-state index contributed by atoms with van der Waals surface area (Å²) in [6.45, 7) is 1.87. The van der Waals surface area contributed by atoms with Crippen molar-refractivity contribution in [1.82, 2.24) is 5.32 Å². The van der Waals surface area contributed by atoms with Crippen LogP contribution in [0.15, 0.2) is 18.2 Å². The van der Waals surface area contributed by atoms with Gasteiger partial charge in [0.25, 0.3) is 0 Å². The Morgan fingerprint density at radius 2 is 2.11 bits per heavy atom. The van der Waals surface area contributed by atoms with E-state index in [0.717, 1.165) is 11.8 Å². The largest absolute Gasteiger partial charge is 0.489 e. The first-order chi connectivity index (χ1) is 8.33. The van der Waals surface area contributed by atoms with Crippen LogP contribution in [0, 0.1) is 5.82 Å². The van der Waals surface area contributed by atoms with E-state index in [9.17, 15) is 12.8 Å². The number of halogens is 1. The highest BCUT2D eigenvalue weighted by atomic mass is 32.2. The van der Waals surface area contributed by atoms with Crippen molar-refractivity contribution in [2.75, 3.05) is 25.7 Å². The van der Waals surface area contributed by atoms with Gasteiger partial charge in [0.15, 0.2) is 21.4 Å². The maximum Gasteiger partial charge on any atom is 0.165 e. The van der Waals surface area contributed by atoms with E-state index in [-0.39, 0.29) is 24.2 Å². The maximum absolute atomic E-state index is 13.7. The van der Waals surface area contributed by atoms with E-state index in [1.165, 1.54) is 12.1 Å². The van der Waals surface area contributed by atoms with E-state index < -0.39 is 15.7 Å². The van der Waals surface area contributed by atoms with Crippen molar-refractivity contribution in [1.29, 1.82) is 0 Å². The Morgan fingerprint density at radius 3 is 2.61 bits per heavy atom. The van der Waals surface area contributed by atoms with Gasteiger partial charge < -0.3 is 10.1 Å². The molecule has 0 aromatic heterocycles. The molecule has 102 valence electrons. The minimum Gasteiger partial charge on any atom is -0.489 e. The van der Waals surface area contributed by atoms with Gasteiger partial charge in [0.1, 0.15) is 6.61 Å². The van der Waals surface area contributed by atoms with Crippen molar-refractivity contribution >= 4 is 9.84 Å². The smallest absolute Gasteiger partial charge is 0.165 e. The van der Waals surface area contributed by atoms with Crippen LogP contribution in [0.1, 0.15) is 18.5 Å². The standard InChI is InChI=1S/C12H18FNO3S/c1-9(14-2)10-4-5-12(11(13)8-10)17-6-7-18(3,15)16/h4-5,8-9,14H,6-7H2,1-3H3. The lowest BCUT2D eigenvalue weighted by Gasteiger charge is -2.12. The predicted octanol–water partition coefficient (Wildman–Crippen LogP) is 1.53. The van der Waals surface area contributed by atoms with Crippen molar-refractivity contribution in [3.63, 3.8) is 0 Å². The third-order valence-electron chi connectivity index (χ3n) is 2.60. The van der Waals surface area contributed by atoms with Gasteiger partial charge in [0.05, 0.1) is 5.75 Å². The summed E-state index contributed by atoms with van der Waals surface area (Å²) in [5.41, 5.74) is 0.811. The van der Waals surface area contributed by atoms with Crippen molar-refractivity contribution in [3.05, 3.63) is 29.6 Å². The van der Waals surface area contributed by atoms with Crippen LogP contribution in [0.5, 0.6) is 5.75 Å². The molecule has 0 amide bonds. The molecule has 0 aliphatic rings. The second-order valence-corrected chi connectivity index (χ2v) is 6.44. The summed E-state index contributed by atoms with van der Waals surface area (Å²) < 4.78 is 40.6. The van der Waals surface area contributed by atoms with Gasteiger partial charge in [-0.25, -0.2) is 12.8 Å². The van der Waals surface area contributed by atoms with Gasteiger partial charge in [-0.3, -0.25) is 0 Å². The first kappa shape index (κ1) is 14.9. The Morgan fingerprint density at radius 1 is 1.44 bits per heavy atom. The Labute approximate surface area is 107 Å². The highest BCUT2D eigenvalue weighted by Gasteiger charge is 2.09. The summed E-state index contributed by atoms with van der Waals surface area (Å²) in [4.78, 5) is 0. The van der Waals surface area contributed by atoms with Crippen molar-refractivity contribution in [2.24, 2.45) is 0 Å². The molecule has 1 aromatic carbocycles. The molecule has 1 rings (SSSR count). The first-order valence-electron chi connectivity index (χ1n) is 5.60. The average Bonchev–Trinajstić information content (AvgIpc) is 2.28. The second kappa shape index (κ2) is 6.15. The molecular formula is C12H18FNO3S. The van der Waals surface area contributed by atoms with Crippen LogP contribution < -0.4 is 10.1 Å². The van der Waals surface area contributed by atoms with Gasteiger partial charge in [-0.2, -0.15) is 0 Å². The monoisotopic (exact) mass is 275 g/mol. The van der Waals surface area contributed by atoms with E-state index in [4.69, 9.17) is 4.74 Å². The summed E-state index contributed by atoms with van der Waals surface area (Å²) in [6, 6.07) is 4.70. The molecule has 0 heterocycles. The lowest BCUT2D eigenvalue weighted by Crippen LogP contribution is -2.14. The van der Waals surface area contributed by atoms with Crippen LogP contribution in [0.3, 0.4) is 0 Å². The molecule has 0 spiro atoms. The Kier molecular flexibility index (Phi) is 5.10. The molecule has 1 atom stereocenters. The van der Waals surface area contributed by atoms with Gasteiger partial charge >= 0.3 is 0 Å². The molecule has 0 aliphatic heterocycles. The van der Waals surface area contributed by atoms with Crippen molar-refractivity contribution in [2.45, 2.75) is 13.0 Å². The molecule has 0 radical (unpaired) electrons. The van der Waals surface area contributed by atoms with Crippen LogP contribution in [0.25, 0.3) is 0 Å². The number of ether oxygens (including phenoxy) is 1. The lowest BCUT2D eigenvalue weighted by molar-refractivity contribution is 0.322. The van der Waals surface area contributed by atoms with E-state index in [1.807, 2.05) is 6.92 Å². The molecule has 0 saturated carbocycles. The minimum atomic E-state index is -3.09. The number of hydrogen-bond donors (Lipinski definition) is 1. The zero-order valence-corrected chi connectivity index (χ0v) is 11.6. The molecule has 0 bridgehead atoms. The zero-order chi connectivity index (χ0) is 13.8.